The number of amides is 2. The first-order valence-electron chi connectivity index (χ1n) is 5.72. The summed E-state index contributed by atoms with van der Waals surface area (Å²) >= 11 is 3.30. The summed E-state index contributed by atoms with van der Waals surface area (Å²) in [7, 11) is 0. The molecule has 1 aliphatic heterocycles. The van der Waals surface area contributed by atoms with Crippen molar-refractivity contribution in [1.29, 1.82) is 0 Å². The maximum absolute atomic E-state index is 12.2. The Morgan fingerprint density at radius 3 is 2.58 bits per heavy atom. The summed E-state index contributed by atoms with van der Waals surface area (Å²) in [5, 5.41) is 20.6. The van der Waals surface area contributed by atoms with Gasteiger partial charge >= 0.3 is 6.09 Å². The number of anilines is 1. The van der Waals surface area contributed by atoms with Crippen LogP contribution in [0, 0.1) is 0 Å². The lowest BCUT2D eigenvalue weighted by Crippen LogP contribution is -2.56. The zero-order valence-corrected chi connectivity index (χ0v) is 11.5. The lowest BCUT2D eigenvalue weighted by atomic mass is 10.0. The molecule has 0 spiro atoms. The lowest BCUT2D eigenvalue weighted by Gasteiger charge is -2.35. The van der Waals surface area contributed by atoms with Gasteiger partial charge < -0.3 is 20.4 Å². The van der Waals surface area contributed by atoms with E-state index >= 15 is 0 Å². The van der Waals surface area contributed by atoms with Gasteiger partial charge in [0, 0.05) is 16.6 Å². The molecule has 1 aromatic rings. The number of nitrogens with zero attached hydrogens (tertiary/aromatic N) is 1. The van der Waals surface area contributed by atoms with Crippen LogP contribution in [0.15, 0.2) is 28.7 Å². The van der Waals surface area contributed by atoms with Crippen LogP contribution >= 0.6 is 15.9 Å². The SMILES string of the molecule is O=C(O)N[C@@H]1C[C@@H](O)CN(c2ccc(Br)cc2)C1=O. The van der Waals surface area contributed by atoms with Gasteiger partial charge in [0.2, 0.25) is 5.91 Å². The molecule has 1 heterocycles. The second-order valence-corrected chi connectivity index (χ2v) is 5.23. The van der Waals surface area contributed by atoms with E-state index in [4.69, 9.17) is 5.11 Å². The van der Waals surface area contributed by atoms with Gasteiger partial charge in [-0.15, -0.1) is 0 Å². The molecule has 1 saturated heterocycles. The highest BCUT2D eigenvalue weighted by atomic mass is 79.9. The molecule has 1 fully saturated rings. The predicted molar refractivity (Wildman–Crippen MR) is 72.1 cm³/mol. The van der Waals surface area contributed by atoms with Gasteiger partial charge in [-0.05, 0) is 24.3 Å². The fourth-order valence-electron chi connectivity index (χ4n) is 2.06. The molecule has 1 aromatic carbocycles. The molecule has 0 aromatic heterocycles. The lowest BCUT2D eigenvalue weighted by molar-refractivity contribution is -0.123. The number of benzene rings is 1. The Kier molecular flexibility index (Phi) is 4.06. The van der Waals surface area contributed by atoms with Crippen LogP contribution in [0.2, 0.25) is 0 Å². The number of hydrogen-bond acceptors (Lipinski definition) is 3. The maximum Gasteiger partial charge on any atom is 0.405 e. The first-order valence-corrected chi connectivity index (χ1v) is 6.51. The van der Waals surface area contributed by atoms with Crippen molar-refractivity contribution in [3.05, 3.63) is 28.7 Å². The van der Waals surface area contributed by atoms with Crippen molar-refractivity contribution in [2.24, 2.45) is 0 Å². The summed E-state index contributed by atoms with van der Waals surface area (Å²) in [6.45, 7) is 0.165. The Morgan fingerprint density at radius 2 is 2.00 bits per heavy atom. The third-order valence-corrected chi connectivity index (χ3v) is 3.43. The topological polar surface area (TPSA) is 89.9 Å². The minimum atomic E-state index is -1.27. The van der Waals surface area contributed by atoms with Crippen LogP contribution in [0.25, 0.3) is 0 Å². The Balaban J connectivity index is 2.21. The number of carbonyl (C=O) groups is 2. The van der Waals surface area contributed by atoms with Crippen LogP contribution in [0.4, 0.5) is 10.5 Å². The Morgan fingerprint density at radius 1 is 1.37 bits per heavy atom. The Hall–Kier alpha value is -1.60. The number of carboxylic acid groups (broad SMARTS) is 1. The minimum Gasteiger partial charge on any atom is -0.465 e. The number of hydrogen-bond donors (Lipinski definition) is 3. The van der Waals surface area contributed by atoms with Crippen molar-refractivity contribution in [2.75, 3.05) is 11.4 Å². The number of halogens is 1. The Bertz CT molecular complexity index is 491. The molecule has 0 radical (unpaired) electrons. The van der Waals surface area contributed by atoms with Gasteiger partial charge in [0.05, 0.1) is 12.6 Å². The van der Waals surface area contributed by atoms with Gasteiger partial charge in [-0.3, -0.25) is 4.79 Å². The van der Waals surface area contributed by atoms with Gasteiger partial charge in [-0.25, -0.2) is 4.79 Å². The summed E-state index contributed by atoms with van der Waals surface area (Å²) in [6.07, 6.45) is -1.93. The van der Waals surface area contributed by atoms with E-state index in [2.05, 4.69) is 21.2 Å². The van der Waals surface area contributed by atoms with Gasteiger partial charge in [0.25, 0.3) is 0 Å². The fourth-order valence-corrected chi connectivity index (χ4v) is 2.32. The molecule has 19 heavy (non-hydrogen) atoms. The molecule has 0 bridgehead atoms. The molecule has 0 saturated carbocycles. The molecule has 102 valence electrons. The van der Waals surface area contributed by atoms with Crippen molar-refractivity contribution >= 4 is 33.6 Å². The normalized spacial score (nSPS) is 23.3. The van der Waals surface area contributed by atoms with Crippen LogP contribution < -0.4 is 10.2 Å². The number of rotatable bonds is 2. The highest BCUT2D eigenvalue weighted by Crippen LogP contribution is 2.23. The smallest absolute Gasteiger partial charge is 0.405 e. The zero-order valence-electron chi connectivity index (χ0n) is 9.91. The first-order chi connectivity index (χ1) is 8.97. The molecule has 0 aliphatic carbocycles. The van der Waals surface area contributed by atoms with E-state index in [1.54, 1.807) is 24.3 Å². The van der Waals surface area contributed by atoms with E-state index < -0.39 is 18.2 Å². The molecule has 3 N–H and O–H groups in total. The van der Waals surface area contributed by atoms with Gasteiger partial charge in [0.15, 0.2) is 0 Å². The number of carbonyl (C=O) groups excluding carboxylic acids is 1. The third kappa shape index (κ3) is 3.24. The number of piperidine rings is 1. The minimum absolute atomic E-state index is 0.0954. The second-order valence-electron chi connectivity index (χ2n) is 4.32. The molecule has 1 aliphatic rings. The Labute approximate surface area is 118 Å². The van der Waals surface area contributed by atoms with Crippen molar-refractivity contribution < 1.29 is 19.8 Å². The monoisotopic (exact) mass is 328 g/mol. The van der Waals surface area contributed by atoms with E-state index in [0.29, 0.717) is 5.69 Å². The van der Waals surface area contributed by atoms with E-state index in [-0.39, 0.29) is 18.9 Å². The summed E-state index contributed by atoms with van der Waals surface area (Å²) in [4.78, 5) is 24.2. The average Bonchev–Trinajstić information content (AvgIpc) is 2.34. The van der Waals surface area contributed by atoms with Gasteiger partial charge in [0.1, 0.15) is 6.04 Å². The van der Waals surface area contributed by atoms with E-state index in [1.807, 2.05) is 0 Å². The second kappa shape index (κ2) is 5.58. The summed E-state index contributed by atoms with van der Waals surface area (Å²) in [5.74, 6) is -0.352. The number of nitrogens with one attached hydrogen (secondary N) is 1. The first kappa shape index (κ1) is 13.8. The number of aliphatic hydroxyl groups is 1. The molecule has 0 unspecified atom stereocenters. The van der Waals surface area contributed by atoms with Crippen LogP contribution in [-0.4, -0.2) is 40.9 Å². The molecule has 2 atom stereocenters. The number of aliphatic hydroxyl groups excluding tert-OH is 1. The van der Waals surface area contributed by atoms with Crippen molar-refractivity contribution in [1.82, 2.24) is 5.32 Å². The largest absolute Gasteiger partial charge is 0.465 e. The van der Waals surface area contributed by atoms with E-state index in [0.717, 1.165) is 4.47 Å². The highest BCUT2D eigenvalue weighted by Gasteiger charge is 2.35. The summed E-state index contributed by atoms with van der Waals surface area (Å²) in [6, 6.07) is 6.12. The van der Waals surface area contributed by atoms with E-state index in [1.165, 1.54) is 4.90 Å². The number of β-amino-alcohol motifs (C(OH)–C–C–N with tert-alkyl or cyclic N) is 1. The summed E-state index contributed by atoms with van der Waals surface area (Å²) < 4.78 is 0.876. The van der Waals surface area contributed by atoms with Crippen LogP contribution in [-0.2, 0) is 4.79 Å². The summed E-state index contributed by atoms with van der Waals surface area (Å²) in [5.41, 5.74) is 0.629. The quantitative estimate of drug-likeness (QED) is 0.760. The molecule has 2 rings (SSSR count). The van der Waals surface area contributed by atoms with Crippen molar-refractivity contribution in [2.45, 2.75) is 18.6 Å². The molecular formula is C12H13BrN2O4. The molecular weight excluding hydrogens is 316 g/mol. The average molecular weight is 329 g/mol. The third-order valence-electron chi connectivity index (χ3n) is 2.90. The van der Waals surface area contributed by atoms with Gasteiger partial charge in [-0.1, -0.05) is 15.9 Å². The van der Waals surface area contributed by atoms with Crippen molar-refractivity contribution in [3.8, 4) is 0 Å². The van der Waals surface area contributed by atoms with Crippen LogP contribution in [0.3, 0.4) is 0 Å². The predicted octanol–water partition coefficient (Wildman–Crippen LogP) is 1.18. The standard InChI is InChI=1S/C12H13BrN2O4/c13-7-1-3-8(4-2-7)15-6-9(16)5-10(11(15)17)14-12(18)19/h1-4,9-10,14,16H,5-6H2,(H,18,19)/t9-,10-/m1/s1. The molecule has 7 heteroatoms. The molecule has 6 nitrogen and oxygen atoms in total. The maximum atomic E-state index is 12.2. The van der Waals surface area contributed by atoms with Crippen LogP contribution in [0.5, 0.6) is 0 Å². The molecule has 2 amide bonds. The highest BCUT2D eigenvalue weighted by molar-refractivity contribution is 9.10. The van der Waals surface area contributed by atoms with Crippen LogP contribution in [0.1, 0.15) is 6.42 Å². The fraction of sp³-hybridized carbons (Fsp3) is 0.333. The zero-order chi connectivity index (χ0) is 14.0. The van der Waals surface area contributed by atoms with Crippen molar-refractivity contribution in [3.63, 3.8) is 0 Å². The van der Waals surface area contributed by atoms with Gasteiger partial charge in [-0.2, -0.15) is 0 Å². The van der Waals surface area contributed by atoms with E-state index in [9.17, 15) is 14.7 Å².